The molecule has 1 atom stereocenters. The van der Waals surface area contributed by atoms with Crippen LogP contribution in [0.3, 0.4) is 0 Å². The number of sulfonamides is 1. The first-order valence-corrected chi connectivity index (χ1v) is 10.5. The molecule has 9 heteroatoms. The lowest BCUT2D eigenvalue weighted by atomic mass is 10.1. The number of benzene rings is 1. The number of urea groups is 1. The Morgan fingerprint density at radius 2 is 1.96 bits per heavy atom. The quantitative estimate of drug-likeness (QED) is 0.839. The van der Waals surface area contributed by atoms with Gasteiger partial charge in [0.1, 0.15) is 0 Å². The zero-order valence-corrected chi connectivity index (χ0v) is 16.8. The highest BCUT2D eigenvalue weighted by molar-refractivity contribution is 7.89. The summed E-state index contributed by atoms with van der Waals surface area (Å²) in [7, 11) is -3.60. The van der Waals surface area contributed by atoms with Gasteiger partial charge in [-0.3, -0.25) is 0 Å². The predicted octanol–water partition coefficient (Wildman–Crippen LogP) is 1.74. The lowest BCUT2D eigenvalue weighted by Crippen LogP contribution is -2.54. The Morgan fingerprint density at radius 1 is 1.26 bits per heavy atom. The van der Waals surface area contributed by atoms with Crippen LogP contribution in [0.2, 0.25) is 0 Å². The predicted molar refractivity (Wildman–Crippen MR) is 101 cm³/mol. The average molecular weight is 397 g/mol. The van der Waals surface area contributed by atoms with Gasteiger partial charge in [0.05, 0.1) is 36.4 Å². The van der Waals surface area contributed by atoms with Crippen molar-refractivity contribution in [1.29, 1.82) is 0 Å². The molecule has 2 aliphatic rings. The van der Waals surface area contributed by atoms with Gasteiger partial charge in [0.2, 0.25) is 10.0 Å². The number of rotatable bonds is 3. The van der Waals surface area contributed by atoms with E-state index in [1.807, 2.05) is 20.8 Å². The Hall–Kier alpha value is -1.68. The maximum atomic E-state index is 12.8. The molecule has 1 aromatic carbocycles. The molecular formula is C18H27N3O5S. The number of hydrogen-bond acceptors (Lipinski definition) is 5. The van der Waals surface area contributed by atoms with Crippen molar-refractivity contribution in [3.05, 3.63) is 24.3 Å². The lowest BCUT2D eigenvalue weighted by Gasteiger charge is -2.41. The summed E-state index contributed by atoms with van der Waals surface area (Å²) in [5, 5.41) is 2.81. The summed E-state index contributed by atoms with van der Waals surface area (Å²) in [6.07, 6.45) is -0.0625. The third-order valence-corrected chi connectivity index (χ3v) is 6.44. The maximum absolute atomic E-state index is 12.8. The van der Waals surface area contributed by atoms with Crippen molar-refractivity contribution in [3.8, 4) is 0 Å². The molecule has 3 rings (SSSR count). The fourth-order valence-corrected chi connectivity index (χ4v) is 4.94. The Bertz CT molecular complexity index is 790. The molecule has 1 unspecified atom stereocenters. The summed E-state index contributed by atoms with van der Waals surface area (Å²) >= 11 is 0. The van der Waals surface area contributed by atoms with E-state index in [1.54, 1.807) is 23.1 Å². The molecule has 8 nitrogen and oxygen atoms in total. The van der Waals surface area contributed by atoms with Crippen LogP contribution in [-0.4, -0.2) is 74.8 Å². The zero-order valence-electron chi connectivity index (χ0n) is 16.0. The Morgan fingerprint density at radius 3 is 2.63 bits per heavy atom. The number of carbonyl (C=O) groups excluding carboxylic acids is 1. The van der Waals surface area contributed by atoms with Gasteiger partial charge in [-0.05, 0) is 39.0 Å². The molecule has 0 aromatic heterocycles. The molecule has 2 fully saturated rings. The third kappa shape index (κ3) is 4.78. The first-order valence-electron chi connectivity index (χ1n) is 9.09. The van der Waals surface area contributed by atoms with Crippen LogP contribution >= 0.6 is 0 Å². The van der Waals surface area contributed by atoms with Crippen molar-refractivity contribution < 1.29 is 22.7 Å². The molecular weight excluding hydrogens is 370 g/mol. The van der Waals surface area contributed by atoms with Crippen molar-refractivity contribution in [2.45, 2.75) is 37.4 Å². The van der Waals surface area contributed by atoms with E-state index in [0.29, 0.717) is 45.1 Å². The Balaban J connectivity index is 1.73. The summed E-state index contributed by atoms with van der Waals surface area (Å²) in [5.41, 5.74) is 0.0302. The van der Waals surface area contributed by atoms with E-state index in [1.165, 1.54) is 10.4 Å². The summed E-state index contributed by atoms with van der Waals surface area (Å²) in [5.74, 6) is 0. The number of amides is 2. The van der Waals surface area contributed by atoms with Crippen LogP contribution in [0.4, 0.5) is 10.5 Å². The topological polar surface area (TPSA) is 88.2 Å². The van der Waals surface area contributed by atoms with Crippen molar-refractivity contribution in [1.82, 2.24) is 9.21 Å². The fourth-order valence-electron chi connectivity index (χ4n) is 3.48. The second-order valence-corrected chi connectivity index (χ2v) is 9.48. The highest BCUT2D eigenvalue weighted by Gasteiger charge is 2.34. The van der Waals surface area contributed by atoms with Crippen LogP contribution in [-0.2, 0) is 19.5 Å². The number of anilines is 1. The second kappa shape index (κ2) is 7.75. The van der Waals surface area contributed by atoms with Crippen molar-refractivity contribution in [2.24, 2.45) is 0 Å². The molecule has 0 saturated carbocycles. The third-order valence-electron chi connectivity index (χ3n) is 4.55. The molecule has 1 aromatic rings. The first kappa shape index (κ1) is 20.1. The van der Waals surface area contributed by atoms with E-state index in [0.717, 1.165) is 0 Å². The summed E-state index contributed by atoms with van der Waals surface area (Å²) in [4.78, 5) is 14.5. The molecule has 0 radical (unpaired) electrons. The van der Waals surface area contributed by atoms with Crippen molar-refractivity contribution in [2.75, 3.05) is 44.7 Å². The Kier molecular flexibility index (Phi) is 5.76. The van der Waals surface area contributed by atoms with E-state index in [9.17, 15) is 13.2 Å². The summed E-state index contributed by atoms with van der Waals surface area (Å²) in [6, 6.07) is 6.09. The van der Waals surface area contributed by atoms with Gasteiger partial charge < -0.3 is 19.7 Å². The minimum Gasteiger partial charge on any atom is -0.379 e. The van der Waals surface area contributed by atoms with Crippen LogP contribution in [0.1, 0.15) is 20.8 Å². The number of carbonyl (C=O) groups is 1. The first-order chi connectivity index (χ1) is 12.7. The zero-order chi connectivity index (χ0) is 19.7. The summed E-state index contributed by atoms with van der Waals surface area (Å²) in [6.45, 7) is 8.21. The van der Waals surface area contributed by atoms with Crippen molar-refractivity contribution in [3.63, 3.8) is 0 Å². The summed E-state index contributed by atoms with van der Waals surface area (Å²) < 4.78 is 38.0. The maximum Gasteiger partial charge on any atom is 0.322 e. The van der Waals surface area contributed by atoms with Crippen LogP contribution in [0.25, 0.3) is 0 Å². The van der Waals surface area contributed by atoms with E-state index in [2.05, 4.69) is 5.32 Å². The SMILES string of the molecule is CC1CN(C(=O)Nc2cccc(S(=O)(=O)N3CCOCC3)c2)CC(C)(C)O1. The molecule has 2 heterocycles. The standard InChI is InChI=1S/C18H27N3O5S/c1-14-12-20(13-18(2,3)26-14)17(22)19-15-5-4-6-16(11-15)27(23,24)21-7-9-25-10-8-21/h4-6,11,14H,7-10,12-13H2,1-3H3,(H,19,22). The number of ether oxygens (including phenoxy) is 2. The minimum absolute atomic E-state index is 0.0625. The van der Waals surface area contributed by atoms with Gasteiger partial charge in [0.25, 0.3) is 0 Å². The molecule has 2 saturated heterocycles. The normalized spacial score (nSPS) is 23.8. The smallest absolute Gasteiger partial charge is 0.322 e. The molecule has 150 valence electrons. The molecule has 2 amide bonds. The van der Waals surface area contributed by atoms with Gasteiger partial charge in [-0.25, -0.2) is 13.2 Å². The van der Waals surface area contributed by atoms with Crippen LogP contribution in [0, 0.1) is 0 Å². The Labute approximate surface area is 160 Å². The highest BCUT2D eigenvalue weighted by atomic mass is 32.2. The van der Waals surface area contributed by atoms with E-state index in [4.69, 9.17) is 9.47 Å². The van der Waals surface area contributed by atoms with E-state index in [-0.39, 0.29) is 17.0 Å². The molecule has 0 aliphatic carbocycles. The van der Waals surface area contributed by atoms with Gasteiger partial charge in [-0.15, -0.1) is 0 Å². The van der Waals surface area contributed by atoms with Crippen LogP contribution in [0.5, 0.6) is 0 Å². The van der Waals surface area contributed by atoms with Gasteiger partial charge in [0.15, 0.2) is 0 Å². The second-order valence-electron chi connectivity index (χ2n) is 7.54. The minimum atomic E-state index is -3.60. The average Bonchev–Trinajstić information content (AvgIpc) is 2.61. The number of morpholine rings is 2. The molecule has 0 spiro atoms. The van der Waals surface area contributed by atoms with E-state index >= 15 is 0 Å². The van der Waals surface area contributed by atoms with E-state index < -0.39 is 15.6 Å². The molecule has 1 N–H and O–H groups in total. The molecule has 0 bridgehead atoms. The fraction of sp³-hybridized carbons (Fsp3) is 0.611. The monoisotopic (exact) mass is 397 g/mol. The van der Waals surface area contributed by atoms with Gasteiger partial charge >= 0.3 is 6.03 Å². The highest BCUT2D eigenvalue weighted by Crippen LogP contribution is 2.23. The largest absolute Gasteiger partial charge is 0.379 e. The molecule has 2 aliphatic heterocycles. The number of nitrogens with one attached hydrogen (secondary N) is 1. The van der Waals surface area contributed by atoms with Gasteiger partial charge in [-0.1, -0.05) is 6.07 Å². The van der Waals surface area contributed by atoms with Gasteiger partial charge in [-0.2, -0.15) is 4.31 Å². The van der Waals surface area contributed by atoms with Crippen LogP contribution < -0.4 is 5.32 Å². The van der Waals surface area contributed by atoms with Gasteiger partial charge in [0, 0.05) is 25.3 Å². The number of nitrogens with zero attached hydrogens (tertiary/aromatic N) is 2. The van der Waals surface area contributed by atoms with Crippen LogP contribution in [0.15, 0.2) is 29.2 Å². The molecule has 27 heavy (non-hydrogen) atoms. The van der Waals surface area contributed by atoms with Crippen molar-refractivity contribution >= 4 is 21.7 Å². The number of hydrogen-bond donors (Lipinski definition) is 1. The lowest BCUT2D eigenvalue weighted by molar-refractivity contribution is -0.116.